The average molecular weight is 704 g/mol. The van der Waals surface area contributed by atoms with E-state index in [0.717, 1.165) is 50.2 Å². The number of nitrogens with zero attached hydrogens (tertiary/aromatic N) is 5. The van der Waals surface area contributed by atoms with E-state index in [-0.39, 0.29) is 0 Å². The van der Waals surface area contributed by atoms with Gasteiger partial charge < -0.3 is 0 Å². The maximum absolute atomic E-state index is 5.43. The van der Waals surface area contributed by atoms with Crippen LogP contribution in [0.25, 0.3) is 67.8 Å². The predicted molar refractivity (Wildman–Crippen MR) is 220 cm³/mol. The molecule has 2 heterocycles. The van der Waals surface area contributed by atoms with E-state index in [1.807, 2.05) is 66.9 Å². The third-order valence-corrected chi connectivity index (χ3v) is 10.5. The largest absolute Gasteiger partial charge is 0.236 e. The van der Waals surface area contributed by atoms with E-state index < -0.39 is 5.41 Å². The summed E-state index contributed by atoms with van der Waals surface area (Å²) >= 11 is 0. The molecular weight excluding hydrogens is 671 g/mol. The maximum atomic E-state index is 5.43. The molecule has 5 nitrogen and oxygen atoms in total. The first-order valence-corrected chi connectivity index (χ1v) is 18.4. The van der Waals surface area contributed by atoms with Gasteiger partial charge in [-0.25, -0.2) is 24.9 Å². The molecule has 1 aliphatic rings. The van der Waals surface area contributed by atoms with Crippen molar-refractivity contribution in [3.05, 3.63) is 223 Å². The highest BCUT2D eigenvalue weighted by molar-refractivity contribution is 5.85. The van der Waals surface area contributed by atoms with E-state index in [4.69, 9.17) is 24.9 Å². The fourth-order valence-corrected chi connectivity index (χ4v) is 7.89. The fourth-order valence-electron chi connectivity index (χ4n) is 7.89. The van der Waals surface area contributed by atoms with E-state index in [0.29, 0.717) is 23.3 Å². The van der Waals surface area contributed by atoms with Crippen LogP contribution in [0, 0.1) is 0 Å². The van der Waals surface area contributed by atoms with Gasteiger partial charge in [-0.2, -0.15) is 0 Å². The second-order valence-electron chi connectivity index (χ2n) is 13.7. The molecule has 5 heteroatoms. The standard InChI is InChI=1S/C50H33N5/c1-5-16-35(17-6-1)47-53-48(36-18-7-2-8-19-36)55-49(54-47)39-21-15-20-38(32-39)34-28-30-37(31-29-34)46-51-33-43-42-26-13-14-27-44(42)50(45(43)52-46,40-22-9-3-10-23-40)41-24-11-4-12-25-41/h1-33H. The summed E-state index contributed by atoms with van der Waals surface area (Å²) in [5, 5.41) is 0. The Morgan fingerprint density at radius 1 is 0.309 bits per heavy atom. The molecule has 0 N–H and O–H groups in total. The van der Waals surface area contributed by atoms with Crippen molar-refractivity contribution in [2.45, 2.75) is 5.41 Å². The number of hydrogen-bond acceptors (Lipinski definition) is 5. The van der Waals surface area contributed by atoms with Gasteiger partial charge >= 0.3 is 0 Å². The van der Waals surface area contributed by atoms with Gasteiger partial charge in [0.05, 0.1) is 11.1 Å². The molecule has 0 bridgehead atoms. The van der Waals surface area contributed by atoms with Crippen LogP contribution >= 0.6 is 0 Å². The van der Waals surface area contributed by atoms with Crippen molar-refractivity contribution in [1.82, 2.24) is 24.9 Å². The van der Waals surface area contributed by atoms with E-state index in [2.05, 4.69) is 133 Å². The Bertz CT molecular complexity index is 2690. The number of fused-ring (bicyclic) bond motifs is 3. The maximum Gasteiger partial charge on any atom is 0.164 e. The van der Waals surface area contributed by atoms with Crippen LogP contribution in [-0.2, 0) is 5.41 Å². The minimum absolute atomic E-state index is 0.581. The Morgan fingerprint density at radius 2 is 0.764 bits per heavy atom. The SMILES string of the molecule is c1ccc(-c2nc(-c3ccccc3)nc(-c3cccc(-c4ccc(-c5ncc6c(n5)C(c5ccccc5)(c5ccccc5)c5ccccc5-6)cc4)c3)n2)cc1. The summed E-state index contributed by atoms with van der Waals surface area (Å²) in [5.41, 5.74) is 12.1. The van der Waals surface area contributed by atoms with Gasteiger partial charge in [0, 0.05) is 34.0 Å². The van der Waals surface area contributed by atoms with E-state index in [1.165, 1.54) is 16.7 Å². The molecule has 0 saturated carbocycles. The van der Waals surface area contributed by atoms with Gasteiger partial charge in [0.25, 0.3) is 0 Å². The summed E-state index contributed by atoms with van der Waals surface area (Å²) < 4.78 is 0. The Labute approximate surface area is 319 Å². The molecule has 0 saturated heterocycles. The zero-order valence-corrected chi connectivity index (χ0v) is 29.8. The van der Waals surface area contributed by atoms with Crippen LogP contribution in [0.4, 0.5) is 0 Å². The zero-order valence-electron chi connectivity index (χ0n) is 29.8. The lowest BCUT2D eigenvalue weighted by Crippen LogP contribution is -2.29. The van der Waals surface area contributed by atoms with Crippen LogP contribution < -0.4 is 0 Å². The highest BCUT2D eigenvalue weighted by atomic mass is 15.0. The van der Waals surface area contributed by atoms with Crippen LogP contribution in [0.1, 0.15) is 22.4 Å². The van der Waals surface area contributed by atoms with Crippen molar-refractivity contribution < 1.29 is 0 Å². The zero-order chi connectivity index (χ0) is 36.6. The van der Waals surface area contributed by atoms with Crippen LogP contribution in [0.5, 0.6) is 0 Å². The molecule has 0 unspecified atom stereocenters. The van der Waals surface area contributed by atoms with Gasteiger partial charge in [0.1, 0.15) is 0 Å². The first-order valence-electron chi connectivity index (χ1n) is 18.4. The van der Waals surface area contributed by atoms with Crippen molar-refractivity contribution in [1.29, 1.82) is 0 Å². The molecule has 0 fully saturated rings. The number of benzene rings is 7. The predicted octanol–water partition coefficient (Wildman–Crippen LogP) is 11.4. The molecule has 0 aliphatic heterocycles. The Kier molecular flexibility index (Phi) is 7.96. The molecule has 2 aromatic heterocycles. The monoisotopic (exact) mass is 703 g/mol. The van der Waals surface area contributed by atoms with E-state index >= 15 is 0 Å². The molecule has 10 rings (SSSR count). The van der Waals surface area contributed by atoms with Gasteiger partial charge in [-0.15, -0.1) is 0 Å². The van der Waals surface area contributed by atoms with Crippen LogP contribution in [0.15, 0.2) is 200 Å². The smallest absolute Gasteiger partial charge is 0.164 e. The lowest BCUT2D eigenvalue weighted by Gasteiger charge is -2.32. The molecule has 0 radical (unpaired) electrons. The number of aromatic nitrogens is 5. The number of rotatable bonds is 7. The molecule has 0 atom stereocenters. The molecule has 55 heavy (non-hydrogen) atoms. The molecule has 258 valence electrons. The summed E-state index contributed by atoms with van der Waals surface area (Å²) in [4.78, 5) is 25.2. The normalized spacial score (nSPS) is 12.5. The molecule has 7 aromatic carbocycles. The molecular formula is C50H33N5. The second kappa shape index (κ2) is 13.6. The van der Waals surface area contributed by atoms with Gasteiger partial charge in [0.15, 0.2) is 23.3 Å². The Hall–Kier alpha value is -7.37. The summed E-state index contributed by atoms with van der Waals surface area (Å²) in [5.74, 6) is 2.59. The third-order valence-electron chi connectivity index (χ3n) is 10.5. The fraction of sp³-hybridized carbons (Fsp3) is 0.0200. The average Bonchev–Trinajstić information content (AvgIpc) is 3.58. The Balaban J connectivity index is 1.04. The summed E-state index contributed by atoms with van der Waals surface area (Å²) in [7, 11) is 0. The molecule has 0 amide bonds. The summed E-state index contributed by atoms with van der Waals surface area (Å²) in [6, 6.07) is 67.1. The molecule has 1 aliphatic carbocycles. The first kappa shape index (κ1) is 32.3. The van der Waals surface area contributed by atoms with E-state index in [9.17, 15) is 0 Å². The van der Waals surface area contributed by atoms with Gasteiger partial charge in [0.2, 0.25) is 0 Å². The van der Waals surface area contributed by atoms with Crippen molar-refractivity contribution in [2.75, 3.05) is 0 Å². The molecule has 9 aromatic rings. The summed E-state index contributed by atoms with van der Waals surface area (Å²) in [6.07, 6.45) is 2.00. The Morgan fingerprint density at radius 3 is 1.36 bits per heavy atom. The molecule has 0 spiro atoms. The van der Waals surface area contributed by atoms with Crippen molar-refractivity contribution in [3.63, 3.8) is 0 Å². The topological polar surface area (TPSA) is 64.5 Å². The van der Waals surface area contributed by atoms with Crippen LogP contribution in [0.2, 0.25) is 0 Å². The van der Waals surface area contributed by atoms with E-state index in [1.54, 1.807) is 0 Å². The number of hydrogen-bond donors (Lipinski definition) is 0. The lowest BCUT2D eigenvalue weighted by molar-refractivity contribution is 0.736. The summed E-state index contributed by atoms with van der Waals surface area (Å²) in [6.45, 7) is 0. The van der Waals surface area contributed by atoms with Crippen LogP contribution in [-0.4, -0.2) is 24.9 Å². The quantitative estimate of drug-likeness (QED) is 0.165. The third kappa shape index (κ3) is 5.61. The van der Waals surface area contributed by atoms with Crippen molar-refractivity contribution in [3.8, 4) is 67.8 Å². The highest BCUT2D eigenvalue weighted by Crippen LogP contribution is 2.55. The minimum atomic E-state index is -0.581. The first-order chi connectivity index (χ1) is 27.3. The van der Waals surface area contributed by atoms with Crippen molar-refractivity contribution >= 4 is 0 Å². The second-order valence-corrected chi connectivity index (χ2v) is 13.7. The van der Waals surface area contributed by atoms with Gasteiger partial charge in [-0.1, -0.05) is 188 Å². The minimum Gasteiger partial charge on any atom is -0.236 e. The van der Waals surface area contributed by atoms with Crippen LogP contribution in [0.3, 0.4) is 0 Å². The lowest BCUT2D eigenvalue weighted by atomic mass is 9.69. The highest BCUT2D eigenvalue weighted by Gasteiger charge is 2.47. The van der Waals surface area contributed by atoms with Gasteiger partial charge in [-0.3, -0.25) is 0 Å². The van der Waals surface area contributed by atoms with Crippen molar-refractivity contribution in [2.24, 2.45) is 0 Å². The van der Waals surface area contributed by atoms with Gasteiger partial charge in [-0.05, 0) is 39.4 Å².